The molecule has 3 heterocycles. The quantitative estimate of drug-likeness (QED) is 0.166. The summed E-state index contributed by atoms with van der Waals surface area (Å²) in [5, 5.41) is 30.3. The lowest BCUT2D eigenvalue weighted by atomic mass is 9.89. The smallest absolute Gasteiger partial charge is 0.143 e. The molecule has 0 N–H and O–H groups in total. The number of para-hydroxylation sites is 4. The Hall–Kier alpha value is -12.3. The van der Waals surface area contributed by atoms with Crippen LogP contribution in [0.1, 0.15) is 0 Å². The van der Waals surface area contributed by atoms with Gasteiger partial charge in [-0.3, -0.25) is 0 Å². The molecule has 18 aromatic carbocycles. The topological polar surface area (TPSA) is 39.4 Å². The molecule has 0 saturated carbocycles. The maximum Gasteiger partial charge on any atom is 0.143 e. The molecule has 0 aliphatic heterocycles. The van der Waals surface area contributed by atoms with E-state index in [1.807, 2.05) is 36.4 Å². The predicted octanol–water partition coefficient (Wildman–Crippen LogP) is 26.1. The van der Waals surface area contributed by atoms with Crippen molar-refractivity contribution in [1.82, 2.24) is 0 Å². The lowest BCUT2D eigenvalue weighted by molar-refractivity contribution is 0.668. The third-order valence-corrected chi connectivity index (χ3v) is 19.4. The molecule has 93 heavy (non-hydrogen) atoms. The molecule has 0 spiro atoms. The van der Waals surface area contributed by atoms with Crippen LogP contribution in [-0.2, 0) is 0 Å². The van der Waals surface area contributed by atoms with Gasteiger partial charge in [0, 0.05) is 37.9 Å². The molecular weight excluding hydrogens is 1130 g/mol. The van der Waals surface area contributed by atoms with Crippen molar-refractivity contribution < 1.29 is 13.3 Å². The van der Waals surface area contributed by atoms with E-state index in [1.165, 1.54) is 130 Å². The highest BCUT2D eigenvalue weighted by atomic mass is 16.3. The summed E-state index contributed by atoms with van der Waals surface area (Å²) in [7, 11) is 0. The first kappa shape index (κ1) is 52.6. The van der Waals surface area contributed by atoms with Crippen molar-refractivity contribution in [2.24, 2.45) is 0 Å². The summed E-state index contributed by atoms with van der Waals surface area (Å²) in [6.45, 7) is 0. The highest BCUT2D eigenvalue weighted by Crippen LogP contribution is 2.45. The summed E-state index contributed by atoms with van der Waals surface area (Å²) in [6, 6.07) is 117. The average Bonchev–Trinajstić information content (AvgIpc) is 1.44. The van der Waals surface area contributed by atoms with E-state index in [0.29, 0.717) is 0 Å². The van der Waals surface area contributed by atoms with Gasteiger partial charge in [0.25, 0.3) is 0 Å². The number of hydrogen-bond acceptors (Lipinski definition) is 3. The minimum absolute atomic E-state index is 0.931. The minimum Gasteiger partial charge on any atom is -0.456 e. The maximum absolute atomic E-state index is 6.31. The molecule has 3 nitrogen and oxygen atoms in total. The second kappa shape index (κ2) is 21.2. The lowest BCUT2D eigenvalue weighted by Crippen LogP contribution is -1.87. The largest absolute Gasteiger partial charge is 0.456 e. The minimum atomic E-state index is 0.931. The zero-order valence-corrected chi connectivity index (χ0v) is 50.4. The molecular formula is C90H54O3. The number of rotatable bonds is 3. The van der Waals surface area contributed by atoms with Gasteiger partial charge in [-0.2, -0.15) is 0 Å². The van der Waals surface area contributed by atoms with Gasteiger partial charge >= 0.3 is 0 Å². The Balaban J connectivity index is 0.0000000994. The van der Waals surface area contributed by atoms with E-state index >= 15 is 0 Å². The van der Waals surface area contributed by atoms with E-state index in [4.69, 9.17) is 13.3 Å². The Kier molecular flexibility index (Phi) is 12.0. The molecule has 21 aromatic rings. The van der Waals surface area contributed by atoms with Crippen LogP contribution in [-0.4, -0.2) is 0 Å². The van der Waals surface area contributed by atoms with Crippen LogP contribution in [0.4, 0.5) is 0 Å². The maximum atomic E-state index is 6.31. The molecule has 3 aromatic heterocycles. The van der Waals surface area contributed by atoms with Gasteiger partial charge in [0.05, 0.1) is 0 Å². The van der Waals surface area contributed by atoms with E-state index in [1.54, 1.807) is 0 Å². The first-order valence-electron chi connectivity index (χ1n) is 31.9. The fourth-order valence-electron chi connectivity index (χ4n) is 15.2. The summed E-state index contributed by atoms with van der Waals surface area (Å²) < 4.78 is 18.5. The summed E-state index contributed by atoms with van der Waals surface area (Å²) in [4.78, 5) is 0. The van der Waals surface area contributed by atoms with Crippen molar-refractivity contribution >= 4 is 163 Å². The summed E-state index contributed by atoms with van der Waals surface area (Å²) in [5.41, 5.74) is 12.8. The van der Waals surface area contributed by atoms with Gasteiger partial charge < -0.3 is 13.3 Å². The van der Waals surface area contributed by atoms with E-state index in [2.05, 4.69) is 291 Å². The van der Waals surface area contributed by atoms with Gasteiger partial charge in [0.15, 0.2) is 0 Å². The van der Waals surface area contributed by atoms with Crippen LogP contribution >= 0.6 is 0 Å². The van der Waals surface area contributed by atoms with Crippen molar-refractivity contribution in [1.29, 1.82) is 0 Å². The SMILES string of the molecule is c1ccc2c(c1)oc1c(-c3ccc4c5ccccc5c5ccccc5c4c3)cccc12.c1ccc2c(c1)oc1ccc(-c3cccc4c5ccccc5c5ccccc5c34)cc12.c1ccc2c(c1)oc1cccc(-c3ccc4c5ccccc5c5ccccc5c4c3)c12. The highest BCUT2D eigenvalue weighted by Gasteiger charge is 2.19. The van der Waals surface area contributed by atoms with E-state index in [-0.39, 0.29) is 0 Å². The van der Waals surface area contributed by atoms with Crippen molar-refractivity contribution in [3.63, 3.8) is 0 Å². The number of hydrogen-bond donors (Lipinski definition) is 0. The molecule has 0 aliphatic carbocycles. The fraction of sp³-hybridized carbons (Fsp3) is 0. The van der Waals surface area contributed by atoms with Crippen molar-refractivity contribution in [3.8, 4) is 33.4 Å². The number of benzene rings is 18. The second-order valence-corrected chi connectivity index (χ2v) is 24.4. The van der Waals surface area contributed by atoms with Crippen LogP contribution in [0.15, 0.2) is 341 Å². The molecule has 0 radical (unpaired) electrons. The van der Waals surface area contributed by atoms with E-state index in [9.17, 15) is 0 Å². The van der Waals surface area contributed by atoms with Gasteiger partial charge in [0.1, 0.15) is 33.5 Å². The molecule has 0 fully saturated rings. The highest BCUT2D eigenvalue weighted by molar-refractivity contribution is 6.30. The number of furan rings is 3. The monoisotopic (exact) mass is 1180 g/mol. The zero-order valence-electron chi connectivity index (χ0n) is 50.4. The van der Waals surface area contributed by atoms with Gasteiger partial charge in [-0.15, -0.1) is 0 Å². The standard InChI is InChI=1S/3C30H18O/c1-2-10-23-21(8-1)22-9-3-4-11-24(22)28-18-19(16-17-25(23)28)20-13-7-14-27-26-12-5-6-15-29(26)31-30(20)27;1-2-10-23-21(8-1)22-9-3-4-11-24(22)27-18-19(16-17-25(23)27)20-13-7-15-29-30(20)26-12-5-6-14-28(26)31-29;1-2-9-23-21(8-1)22-10-3-4-12-25(22)30-20(13-7-14-26(23)30)19-16-17-29-27(18-19)24-11-5-6-15-28(24)31-29/h3*1-18H. The van der Waals surface area contributed by atoms with Crippen LogP contribution in [0.25, 0.3) is 196 Å². The molecule has 0 atom stereocenters. The van der Waals surface area contributed by atoms with Gasteiger partial charge in [0.2, 0.25) is 0 Å². The molecule has 0 unspecified atom stereocenters. The van der Waals surface area contributed by atoms with Crippen LogP contribution < -0.4 is 0 Å². The average molecular weight is 1180 g/mol. The van der Waals surface area contributed by atoms with Crippen LogP contribution in [0.2, 0.25) is 0 Å². The molecule has 0 saturated heterocycles. The molecule has 3 heteroatoms. The zero-order chi connectivity index (χ0) is 61.1. The van der Waals surface area contributed by atoms with Crippen LogP contribution in [0.5, 0.6) is 0 Å². The Morgan fingerprint density at radius 1 is 0.140 bits per heavy atom. The summed E-state index contributed by atoms with van der Waals surface area (Å²) in [5.74, 6) is 0. The van der Waals surface area contributed by atoms with Crippen molar-refractivity contribution in [3.05, 3.63) is 328 Å². The van der Waals surface area contributed by atoms with Crippen LogP contribution in [0.3, 0.4) is 0 Å². The van der Waals surface area contributed by atoms with Gasteiger partial charge in [-0.25, -0.2) is 0 Å². The molecule has 432 valence electrons. The Labute approximate surface area is 533 Å². The molecule has 0 aliphatic rings. The Bertz CT molecular complexity index is 6510. The third-order valence-electron chi connectivity index (χ3n) is 19.4. The Morgan fingerprint density at radius 2 is 0.419 bits per heavy atom. The first-order chi connectivity index (χ1) is 46.1. The van der Waals surface area contributed by atoms with Gasteiger partial charge in [-0.1, -0.05) is 279 Å². The molecule has 0 amide bonds. The Morgan fingerprint density at radius 3 is 0.925 bits per heavy atom. The second-order valence-electron chi connectivity index (χ2n) is 24.4. The summed E-state index contributed by atoms with van der Waals surface area (Å²) >= 11 is 0. The van der Waals surface area contributed by atoms with Crippen molar-refractivity contribution in [2.45, 2.75) is 0 Å². The third kappa shape index (κ3) is 8.37. The fourth-order valence-corrected chi connectivity index (χ4v) is 15.2. The van der Waals surface area contributed by atoms with Gasteiger partial charge in [-0.05, 0) is 173 Å². The summed E-state index contributed by atoms with van der Waals surface area (Å²) in [6.07, 6.45) is 0. The lowest BCUT2D eigenvalue weighted by Gasteiger charge is -2.14. The van der Waals surface area contributed by atoms with E-state index in [0.717, 1.165) is 66.0 Å². The van der Waals surface area contributed by atoms with Crippen LogP contribution in [0, 0.1) is 0 Å². The van der Waals surface area contributed by atoms with Crippen molar-refractivity contribution in [2.75, 3.05) is 0 Å². The number of fused-ring (bicyclic) bond motifs is 27. The molecule has 0 bridgehead atoms. The van der Waals surface area contributed by atoms with E-state index < -0.39 is 0 Å². The predicted molar refractivity (Wildman–Crippen MR) is 395 cm³/mol. The first-order valence-corrected chi connectivity index (χ1v) is 31.9. The normalized spacial score (nSPS) is 11.9. The molecule has 21 rings (SSSR count).